The summed E-state index contributed by atoms with van der Waals surface area (Å²) in [4.78, 5) is 11.8. The van der Waals surface area contributed by atoms with Crippen LogP contribution in [0.1, 0.15) is 0 Å². The molecule has 0 heterocycles. The smallest absolute Gasteiger partial charge is 0.350 e. The molecule has 0 aliphatic carbocycles. The molecule has 0 N–H and O–H groups in total. The summed E-state index contributed by atoms with van der Waals surface area (Å²) in [6.07, 6.45) is -1.28. The Hall–Kier alpha value is -1.91. The molecule has 0 amide bonds. The monoisotopic (exact) mass is 340 g/mol. The molecular formula is C16H14Cl2O4. The number of para-hydroxylation sites is 2. The molecule has 0 atom stereocenters. The van der Waals surface area contributed by atoms with E-state index in [1.807, 2.05) is 12.1 Å². The molecule has 2 rings (SSSR count). The minimum absolute atomic E-state index is 0.456. The third kappa shape index (κ3) is 4.06. The summed E-state index contributed by atoms with van der Waals surface area (Å²) < 4.78 is 13.8. The summed E-state index contributed by atoms with van der Waals surface area (Å²) >= 11 is 12.2. The van der Waals surface area contributed by atoms with Gasteiger partial charge in [-0.3, -0.25) is 0 Å². The largest absolute Gasteiger partial charge is 0.467 e. The van der Waals surface area contributed by atoms with Crippen molar-refractivity contribution in [3.8, 4) is 11.5 Å². The van der Waals surface area contributed by atoms with Gasteiger partial charge in [0.15, 0.2) is 0 Å². The number of alkyl halides is 2. The van der Waals surface area contributed by atoms with Gasteiger partial charge in [-0.2, -0.15) is 0 Å². The Morgan fingerprint density at radius 3 is 1.68 bits per heavy atom. The van der Waals surface area contributed by atoms with E-state index < -0.39 is 16.6 Å². The minimum atomic E-state index is -2.03. The zero-order valence-electron chi connectivity index (χ0n) is 11.7. The van der Waals surface area contributed by atoms with Gasteiger partial charge in [-0.05, 0) is 24.3 Å². The van der Waals surface area contributed by atoms with E-state index in [0.717, 1.165) is 0 Å². The van der Waals surface area contributed by atoms with Crippen LogP contribution in [0.3, 0.4) is 0 Å². The van der Waals surface area contributed by atoms with Gasteiger partial charge in [-0.1, -0.05) is 59.6 Å². The lowest BCUT2D eigenvalue weighted by molar-refractivity contribution is -0.148. The molecule has 0 saturated carbocycles. The summed E-state index contributed by atoms with van der Waals surface area (Å²) in [7, 11) is 1.18. The second-order valence-corrected chi connectivity index (χ2v) is 5.69. The van der Waals surface area contributed by atoms with E-state index in [-0.39, 0.29) is 0 Å². The maximum absolute atomic E-state index is 11.8. The fourth-order valence-electron chi connectivity index (χ4n) is 1.65. The first kappa shape index (κ1) is 16.5. The van der Waals surface area contributed by atoms with Crippen molar-refractivity contribution in [1.82, 2.24) is 0 Å². The summed E-state index contributed by atoms with van der Waals surface area (Å²) in [6, 6.07) is 17.5. The number of carbonyl (C=O) groups excluding carboxylic acids is 1. The Kier molecular flexibility index (Phi) is 5.52. The molecule has 0 unspecified atom stereocenters. The fraction of sp³-hybridized carbons (Fsp3) is 0.188. The highest BCUT2D eigenvalue weighted by atomic mass is 35.5. The summed E-state index contributed by atoms with van der Waals surface area (Å²) in [5.41, 5.74) is 0. The number of carbonyl (C=O) groups is 1. The predicted octanol–water partition coefficient (Wildman–Crippen LogP) is 3.82. The van der Waals surface area contributed by atoms with Crippen LogP contribution in [0.25, 0.3) is 0 Å². The number of rotatable bonds is 6. The summed E-state index contributed by atoms with van der Waals surface area (Å²) in [6.45, 7) is 0. The van der Waals surface area contributed by atoms with E-state index in [2.05, 4.69) is 4.74 Å². The predicted molar refractivity (Wildman–Crippen MR) is 84.4 cm³/mol. The van der Waals surface area contributed by atoms with Crippen LogP contribution in [-0.2, 0) is 9.53 Å². The van der Waals surface area contributed by atoms with Gasteiger partial charge in [0.1, 0.15) is 11.5 Å². The molecule has 0 radical (unpaired) electrons. The lowest BCUT2D eigenvalue weighted by atomic mass is 10.3. The Morgan fingerprint density at radius 2 is 1.32 bits per heavy atom. The molecule has 6 heteroatoms. The van der Waals surface area contributed by atoms with Gasteiger partial charge in [0, 0.05) is 0 Å². The zero-order chi connectivity index (χ0) is 16.0. The van der Waals surface area contributed by atoms with E-state index >= 15 is 0 Å². The number of methoxy groups -OCH3 is 1. The molecule has 0 fully saturated rings. The molecule has 2 aromatic rings. The maximum atomic E-state index is 11.8. The van der Waals surface area contributed by atoms with Crippen LogP contribution in [-0.4, -0.2) is 23.7 Å². The first-order valence-electron chi connectivity index (χ1n) is 6.43. The average Bonchev–Trinajstić information content (AvgIpc) is 2.55. The molecule has 0 saturated heterocycles. The van der Waals surface area contributed by atoms with Crippen LogP contribution in [0.2, 0.25) is 0 Å². The average molecular weight is 341 g/mol. The van der Waals surface area contributed by atoms with Crippen molar-refractivity contribution in [3.05, 3.63) is 60.7 Å². The number of ether oxygens (including phenoxy) is 3. The highest BCUT2D eigenvalue weighted by Crippen LogP contribution is 2.32. The second-order valence-electron chi connectivity index (χ2n) is 4.31. The van der Waals surface area contributed by atoms with Gasteiger partial charge in [0.05, 0.1) is 7.11 Å². The van der Waals surface area contributed by atoms with Gasteiger partial charge in [0.25, 0.3) is 10.6 Å². The third-order valence-corrected chi connectivity index (χ3v) is 3.39. The molecule has 0 spiro atoms. The van der Waals surface area contributed by atoms with Gasteiger partial charge in [0.2, 0.25) is 0 Å². The molecule has 0 aliphatic heterocycles. The third-order valence-electron chi connectivity index (χ3n) is 2.73. The van der Waals surface area contributed by atoms with Gasteiger partial charge in [-0.15, -0.1) is 0 Å². The normalized spacial score (nSPS) is 11.1. The van der Waals surface area contributed by atoms with E-state index in [9.17, 15) is 4.79 Å². The Balaban J connectivity index is 2.26. The number of esters is 1. The summed E-state index contributed by atoms with van der Waals surface area (Å²) in [5.74, 6) is 0.0451. The van der Waals surface area contributed by atoms with E-state index in [1.165, 1.54) is 7.11 Å². The quantitative estimate of drug-likeness (QED) is 0.455. The Labute approximate surface area is 138 Å². The summed E-state index contributed by atoms with van der Waals surface area (Å²) in [5, 5.41) is 0. The zero-order valence-corrected chi connectivity index (χ0v) is 13.3. The van der Waals surface area contributed by atoms with Crippen molar-refractivity contribution < 1.29 is 19.0 Å². The van der Waals surface area contributed by atoms with Crippen LogP contribution < -0.4 is 9.47 Å². The standard InChI is InChI=1S/C16H14Cl2O4/c1-20-14(19)16(17,18)15(21-12-8-4-2-5-9-12)22-13-10-6-3-7-11-13/h2-11,15H,1H3. The van der Waals surface area contributed by atoms with Crippen LogP contribution in [0.15, 0.2) is 60.7 Å². The molecular weight excluding hydrogens is 327 g/mol. The Bertz CT molecular complexity index is 561. The number of hydrogen-bond acceptors (Lipinski definition) is 4. The molecule has 0 aliphatic rings. The van der Waals surface area contributed by atoms with Crippen molar-refractivity contribution in [1.29, 1.82) is 0 Å². The lowest BCUT2D eigenvalue weighted by Crippen LogP contribution is -2.47. The number of benzene rings is 2. The van der Waals surface area contributed by atoms with E-state index in [4.69, 9.17) is 32.7 Å². The van der Waals surface area contributed by atoms with Crippen LogP contribution in [0, 0.1) is 0 Å². The molecule has 22 heavy (non-hydrogen) atoms. The fourth-order valence-corrected chi connectivity index (χ4v) is 1.98. The van der Waals surface area contributed by atoms with Crippen LogP contribution in [0.4, 0.5) is 0 Å². The van der Waals surface area contributed by atoms with Crippen molar-refractivity contribution >= 4 is 29.2 Å². The maximum Gasteiger partial charge on any atom is 0.350 e. The van der Waals surface area contributed by atoms with Crippen molar-refractivity contribution in [3.63, 3.8) is 0 Å². The van der Waals surface area contributed by atoms with E-state index in [0.29, 0.717) is 11.5 Å². The van der Waals surface area contributed by atoms with Gasteiger partial charge in [-0.25, -0.2) is 4.79 Å². The van der Waals surface area contributed by atoms with Crippen molar-refractivity contribution in [2.24, 2.45) is 0 Å². The molecule has 2 aromatic carbocycles. The first-order valence-corrected chi connectivity index (χ1v) is 7.19. The van der Waals surface area contributed by atoms with Crippen LogP contribution in [0.5, 0.6) is 11.5 Å². The van der Waals surface area contributed by atoms with E-state index in [1.54, 1.807) is 48.5 Å². The molecule has 4 nitrogen and oxygen atoms in total. The SMILES string of the molecule is COC(=O)C(Cl)(Cl)C(Oc1ccccc1)Oc1ccccc1. The number of hydrogen-bond donors (Lipinski definition) is 0. The van der Waals surface area contributed by atoms with Crippen LogP contribution >= 0.6 is 23.2 Å². The Morgan fingerprint density at radius 1 is 0.909 bits per heavy atom. The van der Waals surface area contributed by atoms with Crippen molar-refractivity contribution in [2.45, 2.75) is 10.6 Å². The number of halogens is 2. The van der Waals surface area contributed by atoms with Gasteiger partial charge >= 0.3 is 5.97 Å². The minimum Gasteiger partial charge on any atom is -0.467 e. The second kappa shape index (κ2) is 7.38. The molecule has 0 bridgehead atoms. The topological polar surface area (TPSA) is 44.8 Å². The molecule has 116 valence electrons. The van der Waals surface area contributed by atoms with Crippen molar-refractivity contribution in [2.75, 3.05) is 7.11 Å². The lowest BCUT2D eigenvalue weighted by Gasteiger charge is -2.28. The molecule has 0 aromatic heterocycles. The highest BCUT2D eigenvalue weighted by molar-refractivity contribution is 6.58. The first-order chi connectivity index (χ1) is 10.5. The highest BCUT2D eigenvalue weighted by Gasteiger charge is 2.48. The van der Waals surface area contributed by atoms with Gasteiger partial charge < -0.3 is 14.2 Å².